The minimum Gasteiger partial charge on any atom is -0.267 e. The van der Waals surface area contributed by atoms with Gasteiger partial charge in [0.1, 0.15) is 0 Å². The van der Waals surface area contributed by atoms with Crippen LogP contribution in [0.2, 0.25) is 0 Å². The first-order chi connectivity index (χ1) is 1.41. The Morgan fingerprint density at radius 1 is 1.75 bits per heavy atom. The summed E-state index contributed by atoms with van der Waals surface area (Å²) in [6.45, 7) is 0. The number of rotatable bonds is 0. The van der Waals surface area contributed by atoms with Crippen LogP contribution >= 0.6 is 0 Å². The summed E-state index contributed by atoms with van der Waals surface area (Å²) in [7, 11) is 0. The van der Waals surface area contributed by atoms with Gasteiger partial charge in [0.05, 0.1) is 0 Å². The van der Waals surface area contributed by atoms with E-state index in [-0.39, 0.29) is 12.8 Å². The second-order valence-electron chi connectivity index (χ2n) is 0.0833. The molecule has 1 N–H and O–H groups in total. The van der Waals surface area contributed by atoms with Crippen molar-refractivity contribution in [1.29, 1.82) is 0 Å². The zero-order chi connectivity index (χ0) is 2.71. The predicted octanol–water partition coefficient (Wildman–Crippen LogP) is -1.03. The first kappa shape index (κ1) is 9.99. The van der Waals surface area contributed by atoms with E-state index < -0.39 is 0 Å². The minimum atomic E-state index is 0. The smallest absolute Gasteiger partial charge is 0.00366 e. The van der Waals surface area contributed by atoms with E-state index in [1.807, 2.05) is 0 Å². The lowest BCUT2D eigenvalue weighted by Gasteiger charge is -1.36. The van der Waals surface area contributed by atoms with Crippen LogP contribution in [0.1, 0.15) is 7.43 Å². The first-order valence-electron chi connectivity index (χ1n) is 0.408. The molecule has 3 heteroatoms. The molecule has 0 fully saturated rings. The standard InChI is InChI=1S/CH4.HNO2/c;2-1-3/h1H4;1H. The Morgan fingerprint density at radius 3 is 1.75 bits per heavy atom. The maximum Gasteiger partial charge on any atom is 0.00366 e. The molecule has 0 aliphatic rings. The lowest BCUT2D eigenvalue weighted by Crippen LogP contribution is -2.53. The lowest BCUT2D eigenvalue weighted by atomic mass is 12.0. The van der Waals surface area contributed by atoms with Gasteiger partial charge in [-0.1, -0.05) is 7.43 Å². The van der Waals surface area contributed by atoms with Crippen molar-refractivity contribution in [3.05, 3.63) is 10.1 Å². The van der Waals surface area contributed by atoms with Crippen LogP contribution < -0.4 is 5.34 Å². The molecule has 0 amide bonds. The van der Waals surface area contributed by atoms with Gasteiger partial charge >= 0.3 is 0 Å². The van der Waals surface area contributed by atoms with Crippen molar-refractivity contribution in [2.45, 2.75) is 7.43 Å². The largest absolute Gasteiger partial charge is 0.267 e. The molecule has 0 aromatic carbocycles. The third kappa shape index (κ3) is 0.622. The normalized spacial score (nSPS) is 3.00. The number of hydrogen-bond donors (Lipinski definition) is 1. The summed E-state index contributed by atoms with van der Waals surface area (Å²) in [6, 6.07) is 0. The van der Waals surface area contributed by atoms with Gasteiger partial charge in [0.25, 0.3) is 0 Å². The van der Waals surface area contributed by atoms with Crippen molar-refractivity contribution in [2.24, 2.45) is 0 Å². The monoisotopic (exact) mass is 63.0 g/mol. The predicted molar refractivity (Wildman–Crippen MR) is 14.4 cm³/mol. The Labute approximate surface area is 24.2 Å². The van der Waals surface area contributed by atoms with E-state index in [4.69, 9.17) is 10.1 Å². The van der Waals surface area contributed by atoms with Crippen LogP contribution in [0, 0.1) is 10.1 Å². The van der Waals surface area contributed by atoms with Crippen molar-refractivity contribution < 1.29 is 5.34 Å². The molecule has 0 unspecified atom stereocenters. The Kier molecular flexibility index (Phi) is 73.4. The Bertz CT molecular complexity index is 13.5. The molecule has 0 saturated carbocycles. The third-order valence-corrected chi connectivity index (χ3v) is 0. The van der Waals surface area contributed by atoms with Gasteiger partial charge in [-0.15, -0.1) is 0 Å². The Hall–Kier alpha value is -0.600. The highest BCUT2D eigenvalue weighted by Crippen LogP contribution is 0.618. The second-order valence-corrected chi connectivity index (χ2v) is 0.0833. The van der Waals surface area contributed by atoms with E-state index in [0.717, 1.165) is 0 Å². The molecule has 3 nitrogen and oxygen atoms in total. The zero-order valence-corrected chi connectivity index (χ0v) is 1.32. The van der Waals surface area contributed by atoms with Crippen LogP contribution in [0.25, 0.3) is 0 Å². The number of hydrogen-bond acceptors (Lipinski definition) is 2. The van der Waals surface area contributed by atoms with Crippen LogP contribution in [0.4, 0.5) is 0 Å². The fraction of sp³-hybridized carbons (Fsp3) is 1.00. The highest BCUT2D eigenvalue weighted by Gasteiger charge is 1.10. The average molecular weight is 63.1 g/mol. The van der Waals surface area contributed by atoms with E-state index in [0.29, 0.717) is 0 Å². The van der Waals surface area contributed by atoms with Gasteiger partial charge < -0.3 is 0 Å². The molecule has 0 heterocycles. The molecule has 26 valence electrons. The minimum absolute atomic E-state index is 0. The molecule has 0 bridgehead atoms. The summed E-state index contributed by atoms with van der Waals surface area (Å²) in [5.74, 6) is 0. The molecule has 0 aliphatic heterocycles. The fourth-order valence-electron chi connectivity index (χ4n) is 0. The molecule has 0 aliphatic carbocycles. The van der Waals surface area contributed by atoms with Crippen molar-refractivity contribution in [2.75, 3.05) is 0 Å². The second kappa shape index (κ2) is 29.4. The van der Waals surface area contributed by atoms with Crippen molar-refractivity contribution in [3.8, 4) is 0 Å². The van der Waals surface area contributed by atoms with Crippen LogP contribution in [-0.4, -0.2) is 0 Å². The fourth-order valence-corrected chi connectivity index (χ4v) is 0. The van der Waals surface area contributed by atoms with Gasteiger partial charge in [0.15, 0.2) is 0 Å². The summed E-state index contributed by atoms with van der Waals surface area (Å²) in [5.41, 5.74) is 0. The molecule has 0 rings (SSSR count). The summed E-state index contributed by atoms with van der Waals surface area (Å²) < 4.78 is 0. The van der Waals surface area contributed by atoms with Crippen molar-refractivity contribution >= 4 is 0 Å². The van der Waals surface area contributed by atoms with Gasteiger partial charge in [0.2, 0.25) is 0 Å². The van der Waals surface area contributed by atoms with E-state index in [1.54, 1.807) is 0 Å². The van der Waals surface area contributed by atoms with Crippen molar-refractivity contribution in [3.63, 3.8) is 0 Å². The summed E-state index contributed by atoms with van der Waals surface area (Å²) in [5, 5.41) is 8.38. The van der Waals surface area contributed by atoms with Crippen LogP contribution in [-0.2, 0) is 0 Å². The first-order valence-corrected chi connectivity index (χ1v) is 0.408. The van der Waals surface area contributed by atoms with E-state index in [1.165, 1.54) is 0 Å². The molecule has 4 heavy (non-hydrogen) atoms. The molecule has 0 spiro atoms. The SMILES string of the molecule is C.O=[NH+][O-]. The van der Waals surface area contributed by atoms with E-state index >= 15 is 0 Å². The molecular weight excluding hydrogens is 58.0 g/mol. The van der Waals surface area contributed by atoms with Gasteiger partial charge in [0, 0.05) is 5.34 Å². The Balaban J connectivity index is 0. The average Bonchev–Trinajstić information content (AvgIpc) is 0.918. The summed E-state index contributed by atoms with van der Waals surface area (Å²) in [6.07, 6.45) is 0. The van der Waals surface area contributed by atoms with Crippen molar-refractivity contribution in [1.82, 2.24) is 0 Å². The molecule has 0 atom stereocenters. The molecule has 0 aromatic rings. The maximum absolute atomic E-state index is 8.12. The quantitative estimate of drug-likeness (QED) is 0.288. The maximum atomic E-state index is 8.12. The van der Waals surface area contributed by atoms with Gasteiger partial charge in [-0.05, 0) is 0 Å². The van der Waals surface area contributed by atoms with Gasteiger partial charge in [-0.25, -0.2) is 0 Å². The van der Waals surface area contributed by atoms with Crippen LogP contribution in [0.15, 0.2) is 0 Å². The third-order valence-electron chi connectivity index (χ3n) is 0. The highest BCUT2D eigenvalue weighted by molar-refractivity contribution is 3.77. The zero-order valence-electron chi connectivity index (χ0n) is 1.32. The summed E-state index contributed by atoms with van der Waals surface area (Å²) >= 11 is 0. The van der Waals surface area contributed by atoms with E-state index in [2.05, 4.69) is 0 Å². The molecule has 0 saturated heterocycles. The van der Waals surface area contributed by atoms with E-state index in [9.17, 15) is 0 Å². The Morgan fingerprint density at radius 2 is 1.75 bits per heavy atom. The molecule has 0 aromatic heterocycles. The highest BCUT2D eigenvalue weighted by atomic mass is 16.6. The topological polar surface area (TPSA) is 54.1 Å². The molecular formula is CH5NO2. The van der Waals surface area contributed by atoms with Crippen LogP contribution in [0.3, 0.4) is 0 Å². The van der Waals surface area contributed by atoms with Crippen LogP contribution in [0.5, 0.6) is 0 Å². The van der Waals surface area contributed by atoms with Gasteiger partial charge in [-0.3, -0.25) is 10.1 Å². The molecule has 0 radical (unpaired) electrons. The van der Waals surface area contributed by atoms with Gasteiger partial charge in [-0.2, -0.15) is 0 Å². The number of nitrogens with one attached hydrogen (secondary N) is 1. The lowest BCUT2D eigenvalue weighted by molar-refractivity contribution is -0.398. The summed E-state index contributed by atoms with van der Waals surface area (Å²) in [4.78, 5) is 8.12.